The molecule has 5 heterocycles. The third-order valence-electron chi connectivity index (χ3n) is 5.84. The second-order valence-corrected chi connectivity index (χ2v) is 10.1. The zero-order valence-electron chi connectivity index (χ0n) is 20.4. The first-order valence-corrected chi connectivity index (χ1v) is 12.8. The highest BCUT2D eigenvalue weighted by Crippen LogP contribution is 2.36. The lowest BCUT2D eigenvalue weighted by Gasteiger charge is -2.16. The van der Waals surface area contributed by atoms with Gasteiger partial charge in [0.1, 0.15) is 21.8 Å². The largest absolute Gasteiger partial charge is 0.494 e. The van der Waals surface area contributed by atoms with Crippen molar-refractivity contribution in [2.75, 3.05) is 19.5 Å². The molecule has 0 spiro atoms. The first-order valence-electron chi connectivity index (χ1n) is 11.2. The minimum absolute atomic E-state index is 0.134. The number of pyridine rings is 3. The number of amides is 2. The van der Waals surface area contributed by atoms with Crippen LogP contribution in [0.25, 0.3) is 11.1 Å². The maximum Gasteiger partial charge on any atom is 0.277 e. The van der Waals surface area contributed by atoms with Gasteiger partial charge >= 0.3 is 0 Å². The van der Waals surface area contributed by atoms with Crippen LogP contribution in [0, 0.1) is 6.92 Å². The van der Waals surface area contributed by atoms with Crippen molar-refractivity contribution in [1.29, 1.82) is 0 Å². The minimum atomic E-state index is -0.393. The summed E-state index contributed by atoms with van der Waals surface area (Å²) in [5.74, 6) is 0.0965. The number of hydrogen-bond donors (Lipinski definition) is 1. The summed E-state index contributed by atoms with van der Waals surface area (Å²) in [5, 5.41) is 3.73. The van der Waals surface area contributed by atoms with Gasteiger partial charge in [-0.3, -0.25) is 19.9 Å². The van der Waals surface area contributed by atoms with Crippen molar-refractivity contribution in [3.63, 3.8) is 0 Å². The van der Waals surface area contributed by atoms with Crippen LogP contribution in [0.1, 0.15) is 37.1 Å². The Labute approximate surface area is 231 Å². The summed E-state index contributed by atoms with van der Waals surface area (Å²) in [6, 6.07) is 6.58. The number of ether oxygens (including phenoxy) is 2. The molecular formula is C25H20Cl2N6O4S. The molecule has 0 aliphatic carbocycles. The van der Waals surface area contributed by atoms with Gasteiger partial charge in [-0.25, -0.2) is 15.0 Å². The van der Waals surface area contributed by atoms with Gasteiger partial charge in [0.2, 0.25) is 0 Å². The quantitative estimate of drug-likeness (QED) is 0.320. The van der Waals surface area contributed by atoms with E-state index >= 15 is 0 Å². The zero-order chi connectivity index (χ0) is 27.0. The molecule has 10 nitrogen and oxygen atoms in total. The summed E-state index contributed by atoms with van der Waals surface area (Å²) >= 11 is 13.4. The van der Waals surface area contributed by atoms with Crippen LogP contribution in [-0.2, 0) is 13.1 Å². The van der Waals surface area contributed by atoms with Crippen LogP contribution < -0.4 is 14.8 Å². The number of carbonyl (C=O) groups is 2. The smallest absolute Gasteiger partial charge is 0.277 e. The second-order valence-electron chi connectivity index (χ2n) is 8.27. The summed E-state index contributed by atoms with van der Waals surface area (Å²) < 4.78 is 10.7. The number of aryl methyl sites for hydroxylation is 1. The van der Waals surface area contributed by atoms with Crippen molar-refractivity contribution in [3.8, 4) is 22.6 Å². The molecule has 4 aromatic rings. The summed E-state index contributed by atoms with van der Waals surface area (Å²) in [4.78, 5) is 45.9. The van der Waals surface area contributed by atoms with Crippen LogP contribution in [0.2, 0.25) is 10.3 Å². The van der Waals surface area contributed by atoms with Gasteiger partial charge in [0.15, 0.2) is 10.8 Å². The number of hydrogen-bond acceptors (Lipinski definition) is 9. The maximum atomic E-state index is 13.3. The zero-order valence-corrected chi connectivity index (χ0v) is 22.7. The van der Waals surface area contributed by atoms with Gasteiger partial charge in [-0.05, 0) is 31.2 Å². The Morgan fingerprint density at radius 3 is 2.50 bits per heavy atom. The van der Waals surface area contributed by atoms with Crippen molar-refractivity contribution in [1.82, 2.24) is 24.8 Å². The van der Waals surface area contributed by atoms with E-state index in [1.807, 2.05) is 6.92 Å². The van der Waals surface area contributed by atoms with E-state index in [1.54, 1.807) is 29.2 Å². The molecule has 1 N–H and O–H groups in total. The molecule has 0 fully saturated rings. The number of fused-ring (bicyclic) bond motifs is 1. The van der Waals surface area contributed by atoms with Gasteiger partial charge in [-0.1, -0.05) is 34.5 Å². The molecule has 4 aromatic heterocycles. The molecule has 0 bridgehead atoms. The number of carbonyl (C=O) groups excluding carboxylic acids is 2. The van der Waals surface area contributed by atoms with E-state index in [4.69, 9.17) is 32.7 Å². The lowest BCUT2D eigenvalue weighted by molar-refractivity contribution is 0.0741. The summed E-state index contributed by atoms with van der Waals surface area (Å²) in [6.07, 6.45) is 3.00. The van der Waals surface area contributed by atoms with Crippen molar-refractivity contribution < 1.29 is 19.1 Å². The average Bonchev–Trinajstić information content (AvgIpc) is 3.47. The molecule has 194 valence electrons. The molecule has 2 amide bonds. The van der Waals surface area contributed by atoms with Gasteiger partial charge < -0.3 is 14.4 Å². The van der Waals surface area contributed by atoms with E-state index in [1.165, 1.54) is 38.0 Å². The van der Waals surface area contributed by atoms with E-state index in [9.17, 15) is 9.59 Å². The molecule has 0 aromatic carbocycles. The number of halogens is 2. The van der Waals surface area contributed by atoms with Crippen LogP contribution in [0.3, 0.4) is 0 Å². The highest BCUT2D eigenvalue weighted by atomic mass is 35.5. The van der Waals surface area contributed by atoms with Crippen molar-refractivity contribution in [2.24, 2.45) is 0 Å². The van der Waals surface area contributed by atoms with Crippen molar-refractivity contribution >= 4 is 51.5 Å². The summed E-state index contributed by atoms with van der Waals surface area (Å²) in [5.41, 5.74) is 3.08. The molecule has 5 rings (SSSR count). The first-order chi connectivity index (χ1) is 18.3. The highest BCUT2D eigenvalue weighted by Gasteiger charge is 2.31. The van der Waals surface area contributed by atoms with Gasteiger partial charge in [-0.2, -0.15) is 0 Å². The Balaban J connectivity index is 1.36. The fraction of sp³-hybridized carbons (Fsp3) is 0.200. The van der Waals surface area contributed by atoms with Crippen molar-refractivity contribution in [3.05, 3.63) is 74.5 Å². The van der Waals surface area contributed by atoms with Crippen LogP contribution in [0.4, 0.5) is 5.13 Å². The number of thiazole rings is 1. The third kappa shape index (κ3) is 5.00. The summed E-state index contributed by atoms with van der Waals surface area (Å²) in [6.45, 7) is 2.42. The van der Waals surface area contributed by atoms with Crippen LogP contribution in [0.15, 0.2) is 36.7 Å². The van der Waals surface area contributed by atoms with E-state index in [0.717, 1.165) is 10.6 Å². The van der Waals surface area contributed by atoms with E-state index in [2.05, 4.69) is 25.3 Å². The third-order valence-corrected chi connectivity index (χ3v) is 7.25. The maximum absolute atomic E-state index is 13.3. The van der Waals surface area contributed by atoms with Gasteiger partial charge in [0.25, 0.3) is 11.8 Å². The Morgan fingerprint density at radius 1 is 0.974 bits per heavy atom. The van der Waals surface area contributed by atoms with Gasteiger partial charge in [0, 0.05) is 23.0 Å². The van der Waals surface area contributed by atoms with E-state index in [0.29, 0.717) is 45.6 Å². The normalized spacial score (nSPS) is 12.3. The number of nitrogens with zero attached hydrogens (tertiary/aromatic N) is 5. The minimum Gasteiger partial charge on any atom is -0.494 e. The number of anilines is 1. The molecule has 0 saturated heterocycles. The first kappa shape index (κ1) is 25.8. The molecule has 0 atom stereocenters. The molecule has 0 unspecified atom stereocenters. The fourth-order valence-electron chi connectivity index (χ4n) is 4.05. The Hall–Kier alpha value is -3.80. The van der Waals surface area contributed by atoms with Crippen LogP contribution in [-0.4, -0.2) is 50.9 Å². The highest BCUT2D eigenvalue weighted by molar-refractivity contribution is 7.16. The average molecular weight is 571 g/mol. The standard InChI is InChI=1S/C25H20Cl2N6O4S/c1-12-6-13(14-7-21(27)29-9-18(14)37-3)15(8-28-12)23(34)32-25-30-16-10-33(11-19(16)38-25)24(35)22-17(36-2)4-5-20(26)31-22/h4-9H,10-11H2,1-3H3,(H,30,32,34). The van der Waals surface area contributed by atoms with Crippen molar-refractivity contribution in [2.45, 2.75) is 20.0 Å². The fourth-order valence-corrected chi connectivity index (χ4v) is 5.33. The van der Waals surface area contributed by atoms with Crippen LogP contribution >= 0.6 is 34.5 Å². The predicted molar refractivity (Wildman–Crippen MR) is 143 cm³/mol. The lowest BCUT2D eigenvalue weighted by atomic mass is 10.0. The molecule has 0 radical (unpaired) electrons. The molecule has 0 saturated carbocycles. The summed E-state index contributed by atoms with van der Waals surface area (Å²) in [7, 11) is 2.99. The molecular weight excluding hydrogens is 551 g/mol. The van der Waals surface area contributed by atoms with Crippen LogP contribution in [0.5, 0.6) is 11.5 Å². The second kappa shape index (κ2) is 10.5. The SMILES string of the molecule is COc1cnc(Cl)cc1-c1cc(C)ncc1C(=O)Nc1nc2c(s1)CN(C(=O)c1nc(Cl)ccc1OC)C2. The molecule has 13 heteroatoms. The van der Waals surface area contributed by atoms with Gasteiger partial charge in [-0.15, -0.1) is 0 Å². The Morgan fingerprint density at radius 2 is 1.76 bits per heavy atom. The number of rotatable bonds is 6. The van der Waals surface area contributed by atoms with E-state index in [-0.39, 0.29) is 28.5 Å². The Bertz CT molecular complexity index is 1550. The lowest BCUT2D eigenvalue weighted by Crippen LogP contribution is -2.27. The monoisotopic (exact) mass is 570 g/mol. The molecule has 1 aliphatic heterocycles. The number of aromatic nitrogens is 4. The van der Waals surface area contributed by atoms with Gasteiger partial charge in [0.05, 0.1) is 49.6 Å². The number of nitrogens with one attached hydrogen (secondary N) is 1. The molecule has 38 heavy (non-hydrogen) atoms. The Kier molecular flexibility index (Phi) is 7.15. The topological polar surface area (TPSA) is 119 Å². The molecule has 1 aliphatic rings. The number of methoxy groups -OCH3 is 2. The van der Waals surface area contributed by atoms with E-state index < -0.39 is 5.91 Å². The predicted octanol–water partition coefficient (Wildman–Crippen LogP) is 5.04.